The van der Waals surface area contributed by atoms with Gasteiger partial charge in [0.25, 0.3) is 5.22 Å². The molecule has 0 saturated carbocycles. The molecule has 0 bridgehead atoms. The Hall–Kier alpha value is -2.01. The van der Waals surface area contributed by atoms with Crippen molar-refractivity contribution >= 4 is 28.5 Å². The van der Waals surface area contributed by atoms with Gasteiger partial charge in [-0.25, -0.2) is 4.98 Å². The van der Waals surface area contributed by atoms with Crippen LogP contribution in [0, 0.1) is 0 Å². The number of thioether (sulfide) groups is 1. The van der Waals surface area contributed by atoms with Crippen molar-refractivity contribution in [1.29, 1.82) is 0 Å². The number of hydrogen-bond donors (Lipinski definition) is 1. The maximum Gasteiger partial charge on any atom is 0.257 e. The average molecular weight is 271 g/mol. The van der Waals surface area contributed by atoms with Gasteiger partial charge in [0.2, 0.25) is 0 Å². The number of benzene rings is 1. The molecule has 0 unspecified atom stereocenters. The van der Waals surface area contributed by atoms with Crippen LogP contribution in [0.4, 0.5) is 5.69 Å². The number of nitrogens with one attached hydrogen (secondary N) is 1. The third-order valence-corrected chi connectivity index (χ3v) is 3.58. The van der Waals surface area contributed by atoms with Gasteiger partial charge in [0, 0.05) is 24.7 Å². The van der Waals surface area contributed by atoms with Crippen molar-refractivity contribution in [2.45, 2.75) is 11.0 Å². The molecule has 0 amide bonds. The fraction of sp³-hybridized carbons (Fsp3) is 0.143. The van der Waals surface area contributed by atoms with Gasteiger partial charge in [0.05, 0.1) is 5.69 Å². The molecule has 0 atom stereocenters. The Morgan fingerprint density at radius 2 is 2.16 bits per heavy atom. The van der Waals surface area contributed by atoms with E-state index in [0.717, 1.165) is 28.2 Å². The van der Waals surface area contributed by atoms with Crippen molar-refractivity contribution in [2.24, 2.45) is 0 Å². The topological polar surface area (TPSA) is 51.0 Å². The summed E-state index contributed by atoms with van der Waals surface area (Å²) in [4.78, 5) is 8.75. The van der Waals surface area contributed by atoms with Crippen LogP contribution in [0.2, 0.25) is 0 Å². The number of rotatable bonds is 4. The minimum Gasteiger partial charge on any atom is -0.431 e. The number of para-hydroxylation sites is 2. The van der Waals surface area contributed by atoms with Gasteiger partial charge in [0.15, 0.2) is 5.58 Å². The molecule has 96 valence electrons. The van der Waals surface area contributed by atoms with E-state index in [4.69, 9.17) is 4.42 Å². The van der Waals surface area contributed by atoms with Gasteiger partial charge < -0.3 is 9.73 Å². The van der Waals surface area contributed by atoms with E-state index in [9.17, 15) is 0 Å². The highest BCUT2D eigenvalue weighted by Crippen LogP contribution is 2.25. The minimum absolute atomic E-state index is 0.679. The van der Waals surface area contributed by atoms with Gasteiger partial charge in [0.1, 0.15) is 5.52 Å². The number of nitrogens with zero attached hydrogens (tertiary/aromatic N) is 2. The summed E-state index contributed by atoms with van der Waals surface area (Å²) in [6, 6.07) is 11.7. The number of hydrogen-bond acceptors (Lipinski definition) is 5. The Balaban J connectivity index is 1.74. The molecule has 0 fully saturated rings. The van der Waals surface area contributed by atoms with E-state index in [-0.39, 0.29) is 0 Å². The molecule has 0 aliphatic heterocycles. The third kappa shape index (κ3) is 2.71. The predicted octanol–water partition coefficient (Wildman–Crippen LogP) is 3.56. The first-order chi connectivity index (χ1) is 9.35. The van der Waals surface area contributed by atoms with Crippen LogP contribution in [0.3, 0.4) is 0 Å². The van der Waals surface area contributed by atoms with Gasteiger partial charge >= 0.3 is 0 Å². The van der Waals surface area contributed by atoms with E-state index in [1.807, 2.05) is 43.4 Å². The van der Waals surface area contributed by atoms with Crippen molar-refractivity contribution in [1.82, 2.24) is 9.97 Å². The Morgan fingerprint density at radius 1 is 1.26 bits per heavy atom. The normalized spacial score (nSPS) is 10.8. The lowest BCUT2D eigenvalue weighted by Gasteiger charge is -2.02. The zero-order chi connectivity index (χ0) is 13.1. The fourth-order valence-corrected chi connectivity index (χ4v) is 2.50. The standard InChI is InChI=1S/C14H13N3OS/c1-15-10-6-7-16-11(8-10)9-19-14-17-12-4-2-3-5-13(12)18-14/h2-8H,9H2,1H3,(H,15,16). The highest BCUT2D eigenvalue weighted by molar-refractivity contribution is 7.98. The molecule has 3 aromatic rings. The molecule has 4 nitrogen and oxygen atoms in total. The molecule has 1 N–H and O–H groups in total. The Morgan fingerprint density at radius 3 is 3.00 bits per heavy atom. The number of fused-ring (bicyclic) bond motifs is 1. The van der Waals surface area contributed by atoms with Crippen molar-refractivity contribution in [3.8, 4) is 0 Å². The fourth-order valence-electron chi connectivity index (χ4n) is 1.76. The number of aromatic nitrogens is 2. The summed E-state index contributed by atoms with van der Waals surface area (Å²) in [5.74, 6) is 0.738. The van der Waals surface area contributed by atoms with Crippen molar-refractivity contribution in [3.63, 3.8) is 0 Å². The van der Waals surface area contributed by atoms with E-state index < -0.39 is 0 Å². The van der Waals surface area contributed by atoms with Gasteiger partial charge in [-0.05, 0) is 24.3 Å². The molecule has 3 rings (SSSR count). The smallest absolute Gasteiger partial charge is 0.257 e. The minimum atomic E-state index is 0.679. The summed E-state index contributed by atoms with van der Waals surface area (Å²) >= 11 is 1.55. The zero-order valence-electron chi connectivity index (χ0n) is 10.5. The van der Waals surface area contributed by atoms with Crippen molar-refractivity contribution < 1.29 is 4.42 Å². The van der Waals surface area contributed by atoms with Crippen LogP contribution in [-0.2, 0) is 5.75 Å². The summed E-state index contributed by atoms with van der Waals surface area (Å²) in [6.07, 6.45) is 1.80. The first kappa shape index (κ1) is 12.0. The summed E-state index contributed by atoms with van der Waals surface area (Å²) in [6.45, 7) is 0. The molecule has 2 aromatic heterocycles. The lowest BCUT2D eigenvalue weighted by atomic mass is 10.3. The van der Waals surface area contributed by atoms with Crippen molar-refractivity contribution in [3.05, 3.63) is 48.3 Å². The van der Waals surface area contributed by atoms with E-state index >= 15 is 0 Å². The maximum absolute atomic E-state index is 5.65. The van der Waals surface area contributed by atoms with E-state index in [1.165, 1.54) is 0 Å². The lowest BCUT2D eigenvalue weighted by Crippen LogP contribution is -1.92. The Labute approximate surface area is 115 Å². The molecule has 2 heterocycles. The monoisotopic (exact) mass is 271 g/mol. The van der Waals surface area contributed by atoms with E-state index in [1.54, 1.807) is 18.0 Å². The number of anilines is 1. The van der Waals surface area contributed by atoms with Gasteiger partial charge in [-0.1, -0.05) is 23.9 Å². The molecule has 0 saturated heterocycles. The van der Waals surface area contributed by atoms with E-state index in [2.05, 4.69) is 15.3 Å². The molecular weight excluding hydrogens is 258 g/mol. The van der Waals surface area contributed by atoms with Crippen LogP contribution in [0.5, 0.6) is 0 Å². The second-order valence-corrected chi connectivity index (χ2v) is 4.95. The Kier molecular flexibility index (Phi) is 3.37. The number of pyridine rings is 1. The number of oxazole rings is 1. The lowest BCUT2D eigenvalue weighted by molar-refractivity contribution is 0.489. The summed E-state index contributed by atoms with van der Waals surface area (Å²) in [7, 11) is 1.90. The Bertz CT molecular complexity index is 663. The molecule has 0 aliphatic rings. The third-order valence-electron chi connectivity index (χ3n) is 2.72. The molecule has 19 heavy (non-hydrogen) atoms. The van der Waals surface area contributed by atoms with Gasteiger partial charge in [-0.15, -0.1) is 0 Å². The highest BCUT2D eigenvalue weighted by atomic mass is 32.2. The molecule has 0 spiro atoms. The van der Waals surface area contributed by atoms with Gasteiger partial charge in [-0.2, -0.15) is 0 Å². The second kappa shape index (κ2) is 5.32. The van der Waals surface area contributed by atoms with Crippen LogP contribution < -0.4 is 5.32 Å². The molecule has 5 heteroatoms. The quantitative estimate of drug-likeness (QED) is 0.735. The first-order valence-corrected chi connectivity index (χ1v) is 6.95. The molecule has 0 aliphatic carbocycles. The largest absolute Gasteiger partial charge is 0.431 e. The zero-order valence-corrected chi connectivity index (χ0v) is 11.3. The average Bonchev–Trinajstić information content (AvgIpc) is 2.88. The molecule has 1 aromatic carbocycles. The summed E-state index contributed by atoms with van der Waals surface area (Å²) in [5, 5.41) is 3.78. The van der Waals surface area contributed by atoms with Crippen LogP contribution >= 0.6 is 11.8 Å². The van der Waals surface area contributed by atoms with E-state index in [0.29, 0.717) is 5.22 Å². The summed E-state index contributed by atoms with van der Waals surface area (Å²) < 4.78 is 5.65. The van der Waals surface area contributed by atoms with Crippen LogP contribution in [0.15, 0.2) is 52.2 Å². The SMILES string of the molecule is CNc1ccnc(CSc2nc3ccccc3o2)c1. The molecular formula is C14H13N3OS. The highest BCUT2D eigenvalue weighted by Gasteiger charge is 2.06. The van der Waals surface area contributed by atoms with Crippen molar-refractivity contribution in [2.75, 3.05) is 12.4 Å². The summed E-state index contributed by atoms with van der Waals surface area (Å²) in [5.41, 5.74) is 3.77. The van der Waals surface area contributed by atoms with Gasteiger partial charge in [-0.3, -0.25) is 4.98 Å². The predicted molar refractivity (Wildman–Crippen MR) is 77.4 cm³/mol. The van der Waals surface area contributed by atoms with Crippen LogP contribution in [0.1, 0.15) is 5.69 Å². The van der Waals surface area contributed by atoms with Crippen LogP contribution in [-0.4, -0.2) is 17.0 Å². The van der Waals surface area contributed by atoms with Crippen LogP contribution in [0.25, 0.3) is 11.1 Å². The maximum atomic E-state index is 5.65. The first-order valence-electron chi connectivity index (χ1n) is 5.96. The molecule has 0 radical (unpaired) electrons. The second-order valence-electron chi connectivity index (χ2n) is 4.02.